The van der Waals surface area contributed by atoms with Crippen LogP contribution in [0.15, 0.2) is 360 Å². The number of para-hydroxylation sites is 1. The molecule has 0 aliphatic carbocycles. The lowest BCUT2D eigenvalue weighted by Gasteiger charge is -2.43. The summed E-state index contributed by atoms with van der Waals surface area (Å²) < 4.78 is 79.6. The number of alkyl halides is 4. The van der Waals surface area contributed by atoms with Crippen molar-refractivity contribution in [2.45, 2.75) is 95.7 Å². The van der Waals surface area contributed by atoms with Gasteiger partial charge in [-0.15, -0.1) is 0 Å². The van der Waals surface area contributed by atoms with Gasteiger partial charge in [0, 0.05) is 144 Å². The molecule has 3 unspecified atom stereocenters. The number of benzene rings is 10. The maximum atomic E-state index is 13.7. The first-order valence-corrected chi connectivity index (χ1v) is 41.9. The number of phenolic OH excluding ortho intramolecular Hbond substituents is 5. The minimum atomic E-state index is -2.99. The Morgan fingerprint density at radius 1 is 0.395 bits per heavy atom. The summed E-state index contributed by atoms with van der Waals surface area (Å²) in [5.74, 6) is -1.16. The van der Waals surface area contributed by atoms with Gasteiger partial charge in [-0.1, -0.05) is 194 Å². The molecule has 1 saturated heterocycles. The molecule has 12 N–H and O–H groups in total. The van der Waals surface area contributed by atoms with Gasteiger partial charge in [0.25, 0.3) is 11.8 Å². The van der Waals surface area contributed by atoms with Crippen LogP contribution in [-0.2, 0) is 66.1 Å². The second-order valence-corrected chi connectivity index (χ2v) is 31.5. The Hall–Kier alpha value is -15.5. The van der Waals surface area contributed by atoms with Crippen LogP contribution in [0.25, 0.3) is 34.0 Å². The van der Waals surface area contributed by atoms with Crippen molar-refractivity contribution in [3.8, 4) is 51.3 Å². The van der Waals surface area contributed by atoms with E-state index in [1.807, 2.05) is 195 Å². The number of phenols is 5. The predicted molar refractivity (Wildman–Crippen MR) is 494 cm³/mol. The number of nitrogens with one attached hydrogen (secondary N) is 3. The first-order valence-electron chi connectivity index (χ1n) is 41.9. The van der Waals surface area contributed by atoms with Crippen LogP contribution in [0.5, 0.6) is 28.7 Å². The van der Waals surface area contributed by atoms with E-state index in [1.165, 1.54) is 11.3 Å². The fourth-order valence-corrected chi connectivity index (χ4v) is 15.2. The van der Waals surface area contributed by atoms with Crippen LogP contribution in [0.2, 0.25) is 0 Å². The number of anilines is 2. The quantitative estimate of drug-likeness (QED) is 0.0238. The standard InChI is InChI=1S/C21H23F2N3O.C21H19N3O2.C20H21F2N3O.C20H17N3O2.C20H21N3O2/c1-21(22,23)20(24)12-19-18(11-15-6-3-2-4-7-15)25-14-26(19)13-16-8-5-9-17(27)10-16;1-15-22-12-20(26-15)21-19(11-16-6-3-2-4-7-16)23-14-24(21)13-17-8-5-9-18(25)10-17;1-20(21,22)18(23)11-17-19(15-7-3-2-4-8-15)24-13-25(17)12-14-6-5-9-16(26)10-14;1-14-21-11-18(25-14)20-19(16-7-3-2-4-8-16)22-13-23(20)12-15-6-5-9-17(24)10-15;1-15-21-13-20(25-15)19-14-22(16-6-3-2-4-7-16)10-11-23(19)17-8-5-9-18(24)12-17/h2-10,14,20,27H,11-13,24H2,1H3;2-10,12,14,22,25H,1,11,13H2;2-10,13,18,26H,11-12,23H2,1H3;2-11,13,21,24H,1,12H2;2-9,12-13,19,21,24H,1,10-11,14H2. The predicted octanol–water partition coefficient (Wildman–Crippen LogP) is 17.9. The topological polar surface area (TPSA) is 295 Å². The monoisotopic (exact) mass is 1740 g/mol. The van der Waals surface area contributed by atoms with Crippen molar-refractivity contribution in [1.82, 2.24) is 54.2 Å². The SMILES string of the molecule is C=C1NC=C(C2CN(c3ccccc3)CCN2c2cccc(O)c2)O1.C=C1NC=C(c2c(-c3ccccc3)ncn2Cc2cccc(O)c2)O1.C=C1NC=C(c2c(Cc3ccccc3)ncn2Cc2cccc(O)c2)O1.CC(F)(F)C(N)Cc1c(-c2ccccc2)ncn1Cc1cccc(O)c1.CC(F)(F)C(N)Cc1c(Cc2ccccc2)ncn1Cc1cccc(O)c1. The molecule has 129 heavy (non-hydrogen) atoms. The van der Waals surface area contributed by atoms with Crippen molar-refractivity contribution >= 4 is 22.9 Å². The summed E-state index contributed by atoms with van der Waals surface area (Å²) in [5.41, 5.74) is 27.7. The first kappa shape index (κ1) is 89.8. The fraction of sp³-hybridized carbons (Fsp3) is 0.176. The molecular weight excluding hydrogens is 1640 g/mol. The van der Waals surface area contributed by atoms with E-state index in [2.05, 4.69) is 102 Å². The second kappa shape index (κ2) is 41.5. The number of aromatic nitrogens is 8. The summed E-state index contributed by atoms with van der Waals surface area (Å²) in [5, 5.41) is 57.6. The molecule has 1 fully saturated rings. The molecule has 14 aromatic rings. The second-order valence-electron chi connectivity index (χ2n) is 31.5. The van der Waals surface area contributed by atoms with Crippen LogP contribution in [0.1, 0.15) is 81.4 Å². The van der Waals surface area contributed by atoms with Crippen LogP contribution in [0, 0.1) is 0 Å². The van der Waals surface area contributed by atoms with E-state index in [-0.39, 0.29) is 47.6 Å². The molecule has 660 valence electrons. The number of aromatic hydroxyl groups is 5. The highest BCUT2D eigenvalue weighted by molar-refractivity contribution is 5.76. The number of ether oxygens (including phenoxy) is 3. The normalized spacial score (nSPS) is 14.4. The molecule has 18 rings (SSSR count). The summed E-state index contributed by atoms with van der Waals surface area (Å²) in [6.07, 6.45) is 13.6. The van der Waals surface area contributed by atoms with E-state index in [0.29, 0.717) is 85.3 Å². The molecule has 0 amide bonds. The van der Waals surface area contributed by atoms with Crippen molar-refractivity contribution in [3.05, 3.63) is 428 Å². The molecule has 10 aromatic carbocycles. The molecule has 8 heterocycles. The minimum absolute atomic E-state index is 0.00740. The van der Waals surface area contributed by atoms with E-state index in [4.69, 9.17) is 25.7 Å². The number of hydrogen-bond acceptors (Lipinski definition) is 19. The van der Waals surface area contributed by atoms with E-state index in [1.54, 1.807) is 104 Å². The van der Waals surface area contributed by atoms with Gasteiger partial charge in [-0.2, -0.15) is 0 Å². The minimum Gasteiger partial charge on any atom is -0.508 e. The summed E-state index contributed by atoms with van der Waals surface area (Å²) in [6.45, 7) is 17.6. The molecule has 27 heteroatoms. The molecule has 4 aliphatic heterocycles. The highest BCUT2D eigenvalue weighted by Gasteiger charge is 2.37. The van der Waals surface area contributed by atoms with Gasteiger partial charge in [0.2, 0.25) is 0 Å². The molecule has 23 nitrogen and oxygen atoms in total. The summed E-state index contributed by atoms with van der Waals surface area (Å²) in [4.78, 5) is 22.7. The molecule has 0 spiro atoms. The smallest absolute Gasteiger partial charge is 0.260 e. The Morgan fingerprint density at radius 3 is 1.22 bits per heavy atom. The lowest BCUT2D eigenvalue weighted by atomic mass is 10.0. The third-order valence-electron chi connectivity index (χ3n) is 21.7. The van der Waals surface area contributed by atoms with Crippen LogP contribution in [0.3, 0.4) is 0 Å². The van der Waals surface area contributed by atoms with E-state index in [0.717, 1.165) is 112 Å². The molecule has 0 saturated carbocycles. The molecule has 0 bridgehead atoms. The molecule has 4 aromatic heterocycles. The zero-order chi connectivity index (χ0) is 90.6. The average Bonchev–Trinajstić information content (AvgIpc) is 1.57. The Kier molecular flexibility index (Phi) is 28.9. The Labute approximate surface area is 745 Å². The molecule has 3 atom stereocenters. The summed E-state index contributed by atoms with van der Waals surface area (Å²) in [7, 11) is 0. The number of nitrogens with zero attached hydrogens (tertiary/aromatic N) is 10. The lowest BCUT2D eigenvalue weighted by Crippen LogP contribution is -2.54. The van der Waals surface area contributed by atoms with E-state index < -0.39 is 23.9 Å². The third-order valence-corrected chi connectivity index (χ3v) is 21.7. The Bertz CT molecular complexity index is 6250. The number of halogens is 4. The van der Waals surface area contributed by atoms with Gasteiger partial charge in [-0.25, -0.2) is 37.5 Å². The van der Waals surface area contributed by atoms with Gasteiger partial charge < -0.3 is 95.2 Å². The number of imidazole rings is 4. The molecule has 4 aliphatic rings. The largest absolute Gasteiger partial charge is 0.508 e. The maximum Gasteiger partial charge on any atom is 0.260 e. The van der Waals surface area contributed by atoms with Crippen LogP contribution < -0.4 is 37.2 Å². The highest BCUT2D eigenvalue weighted by atomic mass is 19.3. The number of hydrogen-bond donors (Lipinski definition) is 10. The van der Waals surface area contributed by atoms with Crippen molar-refractivity contribution in [3.63, 3.8) is 0 Å². The van der Waals surface area contributed by atoms with E-state index in [9.17, 15) is 43.1 Å². The van der Waals surface area contributed by atoms with Crippen molar-refractivity contribution in [1.29, 1.82) is 0 Å². The van der Waals surface area contributed by atoms with Crippen molar-refractivity contribution < 1.29 is 57.3 Å². The third kappa shape index (κ3) is 24.2. The van der Waals surface area contributed by atoms with Gasteiger partial charge in [0.15, 0.2) is 29.2 Å². The number of nitrogens with two attached hydrogens (primary N) is 2. The zero-order valence-electron chi connectivity index (χ0n) is 71.3. The van der Waals surface area contributed by atoms with Crippen molar-refractivity contribution in [2.24, 2.45) is 11.5 Å². The highest BCUT2D eigenvalue weighted by Crippen LogP contribution is 2.37. The fourth-order valence-electron chi connectivity index (χ4n) is 15.2. The first-order chi connectivity index (χ1) is 62.3. The Balaban J connectivity index is 0.000000130. The number of piperazine rings is 1. The van der Waals surface area contributed by atoms with Gasteiger partial charge >= 0.3 is 0 Å². The van der Waals surface area contributed by atoms with Gasteiger partial charge in [-0.05, 0) is 126 Å². The van der Waals surface area contributed by atoms with Crippen LogP contribution in [-0.4, -0.2) is 113 Å². The Morgan fingerprint density at radius 2 is 0.760 bits per heavy atom. The molecular formula is C102H101F4N15O8. The van der Waals surface area contributed by atoms with Crippen molar-refractivity contribution in [2.75, 3.05) is 29.4 Å². The average molecular weight is 1740 g/mol. The zero-order valence-corrected chi connectivity index (χ0v) is 71.3. The molecule has 0 radical (unpaired) electrons. The lowest BCUT2D eigenvalue weighted by molar-refractivity contribution is -0.00613. The van der Waals surface area contributed by atoms with Crippen LogP contribution >= 0.6 is 0 Å². The maximum absolute atomic E-state index is 13.7. The van der Waals surface area contributed by atoms with Gasteiger partial charge in [0.1, 0.15) is 51.9 Å². The summed E-state index contributed by atoms with van der Waals surface area (Å²) in [6, 6.07) is 82.6. The van der Waals surface area contributed by atoms with E-state index >= 15 is 0 Å². The summed E-state index contributed by atoms with van der Waals surface area (Å²) >= 11 is 0. The van der Waals surface area contributed by atoms with Gasteiger partial charge in [-0.3, -0.25) is 0 Å². The van der Waals surface area contributed by atoms with Gasteiger partial charge in [0.05, 0.1) is 60.2 Å². The van der Waals surface area contributed by atoms with Crippen LogP contribution in [0.4, 0.5) is 28.9 Å². The number of rotatable bonds is 25.